The number of amides is 1. The maximum Gasteiger partial charge on any atom is 0.469 e. The van der Waals surface area contributed by atoms with Gasteiger partial charge in [-0.1, -0.05) is 56.9 Å². The van der Waals surface area contributed by atoms with Crippen molar-refractivity contribution in [3.05, 3.63) is 35.4 Å². The van der Waals surface area contributed by atoms with E-state index in [1.165, 1.54) is 43.2 Å². The Morgan fingerprint density at radius 2 is 1.68 bits per heavy atom. The van der Waals surface area contributed by atoms with Gasteiger partial charge in [0, 0.05) is 19.5 Å². The maximum atomic E-state index is 12.1. The average molecular weight is 411 g/mol. The van der Waals surface area contributed by atoms with Gasteiger partial charge in [0.1, 0.15) is 6.10 Å². The molecular weight excluding hydrogens is 377 g/mol. The first-order chi connectivity index (χ1) is 13.4. The van der Waals surface area contributed by atoms with Crippen LogP contribution in [-0.2, 0) is 26.7 Å². The van der Waals surface area contributed by atoms with Crippen molar-refractivity contribution in [1.82, 2.24) is 4.90 Å². The van der Waals surface area contributed by atoms with Gasteiger partial charge in [-0.3, -0.25) is 9.32 Å². The molecule has 7 heteroatoms. The van der Waals surface area contributed by atoms with E-state index in [1.54, 1.807) is 4.90 Å². The Morgan fingerprint density at radius 1 is 1.07 bits per heavy atom. The predicted molar refractivity (Wildman–Crippen MR) is 110 cm³/mol. The minimum Gasteiger partial charge on any atom is -0.337 e. The van der Waals surface area contributed by atoms with Crippen molar-refractivity contribution >= 4 is 13.7 Å². The molecule has 0 spiro atoms. The number of carbonyl (C=O) groups is 1. The molecule has 0 aliphatic carbocycles. The fourth-order valence-electron chi connectivity index (χ4n) is 3.54. The normalized spacial score (nSPS) is 14.9. The molecule has 1 aliphatic heterocycles. The third-order valence-electron chi connectivity index (χ3n) is 5.15. The Kier molecular flexibility index (Phi) is 9.66. The van der Waals surface area contributed by atoms with Gasteiger partial charge in [0.05, 0.1) is 0 Å². The SMILES string of the molecule is CCCCCCCc1cccc(CCCCC(=O)N2CC(OP(=O)(O)O)C2)c1. The number of rotatable bonds is 13. The van der Waals surface area contributed by atoms with Crippen LogP contribution in [0.1, 0.15) is 69.4 Å². The van der Waals surface area contributed by atoms with Crippen LogP contribution in [-0.4, -0.2) is 39.8 Å². The highest BCUT2D eigenvalue weighted by molar-refractivity contribution is 7.46. The number of hydrogen-bond acceptors (Lipinski definition) is 3. The molecule has 1 aromatic carbocycles. The van der Waals surface area contributed by atoms with Crippen LogP contribution in [0.3, 0.4) is 0 Å². The number of hydrogen-bond donors (Lipinski definition) is 2. The molecule has 0 radical (unpaired) electrons. The number of nitrogens with zero attached hydrogens (tertiary/aromatic N) is 1. The number of phosphoric acid groups is 1. The van der Waals surface area contributed by atoms with Crippen molar-refractivity contribution in [1.29, 1.82) is 0 Å². The summed E-state index contributed by atoms with van der Waals surface area (Å²) in [6.07, 6.45) is 10.3. The molecule has 1 amide bonds. The molecule has 6 nitrogen and oxygen atoms in total. The maximum absolute atomic E-state index is 12.1. The van der Waals surface area contributed by atoms with E-state index in [1.807, 2.05) is 0 Å². The van der Waals surface area contributed by atoms with Gasteiger partial charge in [-0.25, -0.2) is 4.57 Å². The van der Waals surface area contributed by atoms with Crippen molar-refractivity contribution in [2.75, 3.05) is 13.1 Å². The van der Waals surface area contributed by atoms with E-state index < -0.39 is 13.9 Å². The van der Waals surface area contributed by atoms with E-state index in [2.05, 4.69) is 35.7 Å². The molecule has 2 N–H and O–H groups in total. The highest BCUT2D eigenvalue weighted by atomic mass is 31.2. The Hall–Kier alpha value is -1.20. The van der Waals surface area contributed by atoms with Crippen LogP contribution in [0.4, 0.5) is 0 Å². The van der Waals surface area contributed by atoms with Gasteiger partial charge in [-0.15, -0.1) is 0 Å². The van der Waals surface area contributed by atoms with Crippen molar-refractivity contribution in [3.63, 3.8) is 0 Å². The summed E-state index contributed by atoms with van der Waals surface area (Å²) in [7, 11) is -4.46. The largest absolute Gasteiger partial charge is 0.469 e. The molecule has 0 aromatic heterocycles. The van der Waals surface area contributed by atoms with Crippen LogP contribution < -0.4 is 0 Å². The van der Waals surface area contributed by atoms with Crippen LogP contribution in [0.25, 0.3) is 0 Å². The fraction of sp³-hybridized carbons (Fsp3) is 0.667. The molecule has 0 saturated carbocycles. The standard InChI is InChI=1S/C21H34NO5P/c1-2-3-4-5-6-10-18-12-9-13-19(15-18)11-7-8-14-21(23)22-16-20(17-22)27-28(24,25)26/h9,12-13,15,20H,2-8,10-11,14,16-17H2,1H3,(H2,24,25,26). The van der Waals surface area contributed by atoms with Crippen LogP contribution in [0.15, 0.2) is 24.3 Å². The summed E-state index contributed by atoms with van der Waals surface area (Å²) in [5, 5.41) is 0. The summed E-state index contributed by atoms with van der Waals surface area (Å²) in [5.41, 5.74) is 2.74. The second kappa shape index (κ2) is 11.7. The van der Waals surface area contributed by atoms with Gasteiger partial charge in [-0.05, 0) is 43.2 Å². The van der Waals surface area contributed by atoms with Crippen molar-refractivity contribution in [2.45, 2.75) is 77.2 Å². The van der Waals surface area contributed by atoms with Gasteiger partial charge >= 0.3 is 7.82 Å². The summed E-state index contributed by atoms with van der Waals surface area (Å²) in [6.45, 7) is 2.77. The first-order valence-corrected chi connectivity index (χ1v) is 12.0. The van der Waals surface area contributed by atoms with E-state index >= 15 is 0 Å². The monoisotopic (exact) mass is 411 g/mol. The Bertz CT molecular complexity index is 654. The summed E-state index contributed by atoms with van der Waals surface area (Å²) in [6, 6.07) is 8.78. The van der Waals surface area contributed by atoms with Crippen LogP contribution >= 0.6 is 7.82 Å². The second-order valence-electron chi connectivity index (χ2n) is 7.71. The van der Waals surface area contributed by atoms with E-state index in [-0.39, 0.29) is 19.0 Å². The van der Waals surface area contributed by atoms with Crippen molar-refractivity contribution in [3.8, 4) is 0 Å². The van der Waals surface area contributed by atoms with Crippen LogP contribution in [0.5, 0.6) is 0 Å². The number of phosphoric ester groups is 1. The molecule has 1 fully saturated rings. The zero-order valence-corrected chi connectivity index (χ0v) is 17.8. The molecule has 0 unspecified atom stereocenters. The van der Waals surface area contributed by atoms with E-state index in [4.69, 9.17) is 9.79 Å². The van der Waals surface area contributed by atoms with E-state index in [0.717, 1.165) is 25.7 Å². The third-order valence-corrected chi connectivity index (χ3v) is 5.73. The van der Waals surface area contributed by atoms with E-state index in [9.17, 15) is 9.36 Å². The highest BCUT2D eigenvalue weighted by Crippen LogP contribution is 2.39. The molecule has 0 bridgehead atoms. The lowest BCUT2D eigenvalue weighted by Crippen LogP contribution is -2.54. The number of carbonyl (C=O) groups excluding carboxylic acids is 1. The summed E-state index contributed by atoms with van der Waals surface area (Å²) >= 11 is 0. The average Bonchev–Trinajstić information content (AvgIpc) is 2.61. The topological polar surface area (TPSA) is 87.1 Å². The van der Waals surface area contributed by atoms with Gasteiger partial charge < -0.3 is 14.7 Å². The first-order valence-electron chi connectivity index (χ1n) is 10.5. The van der Waals surface area contributed by atoms with Gasteiger partial charge in [0.15, 0.2) is 0 Å². The quantitative estimate of drug-likeness (QED) is 0.375. The molecule has 2 rings (SSSR count). The minimum atomic E-state index is -4.46. The zero-order valence-electron chi connectivity index (χ0n) is 16.9. The smallest absolute Gasteiger partial charge is 0.337 e. The molecular formula is C21H34NO5P. The van der Waals surface area contributed by atoms with E-state index in [0.29, 0.717) is 6.42 Å². The molecule has 1 heterocycles. The molecule has 1 aromatic rings. The van der Waals surface area contributed by atoms with Crippen LogP contribution in [0.2, 0.25) is 0 Å². The highest BCUT2D eigenvalue weighted by Gasteiger charge is 2.35. The number of benzene rings is 1. The molecule has 158 valence electrons. The predicted octanol–water partition coefficient (Wildman–Crippen LogP) is 4.23. The second-order valence-corrected chi connectivity index (χ2v) is 8.90. The number of likely N-dealkylation sites (tertiary alicyclic amines) is 1. The first kappa shape index (κ1) is 23.1. The molecule has 1 saturated heterocycles. The fourth-order valence-corrected chi connectivity index (χ4v) is 4.06. The van der Waals surface area contributed by atoms with Crippen molar-refractivity contribution < 1.29 is 23.7 Å². The number of aryl methyl sites for hydroxylation is 2. The zero-order chi connectivity index (χ0) is 20.4. The Morgan fingerprint density at radius 3 is 2.29 bits per heavy atom. The number of unbranched alkanes of at least 4 members (excludes halogenated alkanes) is 5. The minimum absolute atomic E-state index is 0.0337. The lowest BCUT2D eigenvalue weighted by atomic mass is 10.0. The molecule has 0 atom stereocenters. The lowest BCUT2D eigenvalue weighted by molar-refractivity contribution is -0.140. The lowest BCUT2D eigenvalue weighted by Gasteiger charge is -2.38. The summed E-state index contributed by atoms with van der Waals surface area (Å²) in [4.78, 5) is 31.2. The van der Waals surface area contributed by atoms with Crippen molar-refractivity contribution in [2.24, 2.45) is 0 Å². The van der Waals surface area contributed by atoms with Gasteiger partial charge in [0.2, 0.25) is 5.91 Å². The third kappa shape index (κ3) is 8.87. The van der Waals surface area contributed by atoms with Gasteiger partial charge in [0.25, 0.3) is 0 Å². The summed E-state index contributed by atoms with van der Waals surface area (Å²) < 4.78 is 15.3. The Balaban J connectivity index is 1.59. The molecule has 28 heavy (non-hydrogen) atoms. The van der Waals surface area contributed by atoms with Crippen LogP contribution in [0, 0.1) is 0 Å². The van der Waals surface area contributed by atoms with Gasteiger partial charge in [-0.2, -0.15) is 0 Å². The Labute approximate surface area is 168 Å². The molecule has 1 aliphatic rings. The summed E-state index contributed by atoms with van der Waals surface area (Å²) in [5.74, 6) is 0.0337.